The highest BCUT2D eigenvalue weighted by Gasteiger charge is 2.31. The van der Waals surface area contributed by atoms with Crippen LogP contribution < -0.4 is 14.8 Å². The number of hydrogen-bond acceptors (Lipinski definition) is 7. The first-order valence-corrected chi connectivity index (χ1v) is 8.28. The zero-order valence-corrected chi connectivity index (χ0v) is 14.8. The van der Waals surface area contributed by atoms with Crippen molar-refractivity contribution < 1.29 is 32.4 Å². The van der Waals surface area contributed by atoms with Gasteiger partial charge in [-0.1, -0.05) is 11.3 Å². The summed E-state index contributed by atoms with van der Waals surface area (Å²) in [6, 6.07) is 7.25. The third kappa shape index (κ3) is 4.28. The van der Waals surface area contributed by atoms with E-state index >= 15 is 0 Å². The van der Waals surface area contributed by atoms with Crippen molar-refractivity contribution >= 4 is 38.3 Å². The number of fused-ring (bicyclic) bond motifs is 1. The number of anilines is 1. The number of nitro benzene ring substituents is 1. The molecule has 1 aromatic heterocycles. The van der Waals surface area contributed by atoms with Gasteiger partial charge >= 0.3 is 12.0 Å². The summed E-state index contributed by atoms with van der Waals surface area (Å²) in [7, 11) is 1.26. The highest BCUT2D eigenvalue weighted by molar-refractivity contribution is 7.22. The second kappa shape index (κ2) is 7.31. The van der Waals surface area contributed by atoms with Gasteiger partial charge in [0.1, 0.15) is 5.75 Å². The van der Waals surface area contributed by atoms with Gasteiger partial charge in [-0.2, -0.15) is 0 Å². The van der Waals surface area contributed by atoms with Gasteiger partial charge in [-0.25, -0.2) is 4.98 Å². The summed E-state index contributed by atoms with van der Waals surface area (Å²) < 4.78 is 46.0. The van der Waals surface area contributed by atoms with Gasteiger partial charge in [0.25, 0.3) is 5.91 Å². The number of carbonyl (C=O) groups excluding carboxylic acids is 1. The minimum absolute atomic E-state index is 0.00117. The Morgan fingerprint density at radius 2 is 2.00 bits per heavy atom. The maximum absolute atomic E-state index is 12.3. The Balaban J connectivity index is 1.83. The molecule has 0 saturated heterocycles. The third-order valence-electron chi connectivity index (χ3n) is 3.45. The van der Waals surface area contributed by atoms with E-state index in [9.17, 15) is 28.1 Å². The predicted octanol–water partition coefficient (Wildman–Crippen LogP) is 4.36. The van der Waals surface area contributed by atoms with Gasteiger partial charge in [0.2, 0.25) is 0 Å². The number of alkyl halides is 3. The highest BCUT2D eigenvalue weighted by atomic mass is 32.1. The Morgan fingerprint density at radius 1 is 1.25 bits per heavy atom. The lowest BCUT2D eigenvalue weighted by molar-refractivity contribution is -0.385. The van der Waals surface area contributed by atoms with Crippen LogP contribution in [-0.2, 0) is 0 Å². The fourth-order valence-corrected chi connectivity index (χ4v) is 3.19. The van der Waals surface area contributed by atoms with Crippen LogP contribution in [0.4, 0.5) is 24.0 Å². The molecule has 1 N–H and O–H groups in total. The first-order chi connectivity index (χ1) is 13.2. The molecule has 1 heterocycles. The van der Waals surface area contributed by atoms with Crippen LogP contribution in [0, 0.1) is 10.1 Å². The first-order valence-electron chi connectivity index (χ1n) is 7.46. The number of rotatable bonds is 5. The fraction of sp³-hybridized carbons (Fsp3) is 0.125. The van der Waals surface area contributed by atoms with Crippen molar-refractivity contribution in [1.29, 1.82) is 0 Å². The van der Waals surface area contributed by atoms with E-state index in [-0.39, 0.29) is 22.1 Å². The maximum Gasteiger partial charge on any atom is 0.573 e. The molecule has 3 rings (SSSR count). The highest BCUT2D eigenvalue weighted by Crippen LogP contribution is 2.32. The van der Waals surface area contributed by atoms with Gasteiger partial charge in [0.15, 0.2) is 10.9 Å². The number of benzene rings is 2. The lowest BCUT2D eigenvalue weighted by atomic mass is 10.2. The second-order valence-electron chi connectivity index (χ2n) is 5.29. The molecular weight excluding hydrogens is 403 g/mol. The van der Waals surface area contributed by atoms with E-state index in [2.05, 4.69) is 15.0 Å². The lowest BCUT2D eigenvalue weighted by Gasteiger charge is -2.07. The molecule has 0 bridgehead atoms. The zero-order chi connectivity index (χ0) is 20.5. The number of aromatic nitrogens is 1. The lowest BCUT2D eigenvalue weighted by Crippen LogP contribution is -2.16. The molecule has 0 spiro atoms. The fourth-order valence-electron chi connectivity index (χ4n) is 2.30. The maximum atomic E-state index is 12.3. The summed E-state index contributed by atoms with van der Waals surface area (Å²) >= 11 is 0.930. The quantitative estimate of drug-likeness (QED) is 0.492. The number of nitro groups is 1. The average Bonchev–Trinajstić information content (AvgIpc) is 3.01. The van der Waals surface area contributed by atoms with E-state index in [0.29, 0.717) is 10.2 Å². The standard InChI is InChI=1S/C16H10F3N3O5S/c1-26-12-5-2-8(6-11(12)22(24)25)14(23)21-15-20-10-4-3-9(7-13(10)28-15)27-16(17,18)19/h2-7H,1H3,(H,20,21,23). The molecule has 2 aromatic carbocycles. The van der Waals surface area contributed by atoms with Crippen LogP contribution in [0.3, 0.4) is 0 Å². The summed E-state index contributed by atoms with van der Waals surface area (Å²) in [5, 5.41) is 13.6. The number of halogens is 3. The van der Waals surface area contributed by atoms with Crippen LogP contribution in [0.5, 0.6) is 11.5 Å². The minimum atomic E-state index is -4.82. The van der Waals surface area contributed by atoms with Crippen molar-refractivity contribution in [3.63, 3.8) is 0 Å². The zero-order valence-electron chi connectivity index (χ0n) is 13.9. The molecule has 28 heavy (non-hydrogen) atoms. The number of methoxy groups -OCH3 is 1. The van der Waals surface area contributed by atoms with E-state index in [1.165, 1.54) is 25.3 Å². The minimum Gasteiger partial charge on any atom is -0.490 e. The summed E-state index contributed by atoms with van der Waals surface area (Å²) in [5.41, 5.74) is -0.0308. The van der Waals surface area contributed by atoms with Crippen LogP contribution >= 0.6 is 11.3 Å². The smallest absolute Gasteiger partial charge is 0.490 e. The summed E-state index contributed by atoms with van der Waals surface area (Å²) in [5.74, 6) is -1.08. The van der Waals surface area contributed by atoms with Gasteiger partial charge in [-0.15, -0.1) is 13.2 Å². The van der Waals surface area contributed by atoms with Gasteiger partial charge in [-0.3, -0.25) is 20.2 Å². The van der Waals surface area contributed by atoms with Crippen molar-refractivity contribution in [1.82, 2.24) is 4.98 Å². The molecule has 1 amide bonds. The van der Waals surface area contributed by atoms with Crippen LogP contribution in [0.2, 0.25) is 0 Å². The molecule has 0 atom stereocenters. The Kier molecular flexibility index (Phi) is 5.05. The van der Waals surface area contributed by atoms with Crippen molar-refractivity contribution in [3.8, 4) is 11.5 Å². The van der Waals surface area contributed by atoms with Crippen molar-refractivity contribution in [2.45, 2.75) is 6.36 Å². The SMILES string of the molecule is COc1ccc(C(=O)Nc2nc3ccc(OC(F)(F)F)cc3s2)cc1[N+](=O)[O-]. The van der Waals surface area contributed by atoms with Crippen molar-refractivity contribution in [3.05, 3.63) is 52.1 Å². The number of nitrogens with zero attached hydrogens (tertiary/aromatic N) is 2. The van der Waals surface area contributed by atoms with Gasteiger partial charge in [-0.05, 0) is 24.3 Å². The van der Waals surface area contributed by atoms with E-state index in [1.54, 1.807) is 0 Å². The van der Waals surface area contributed by atoms with Crippen LogP contribution in [-0.4, -0.2) is 29.3 Å². The Morgan fingerprint density at radius 3 is 2.64 bits per heavy atom. The molecule has 0 saturated carbocycles. The normalized spacial score (nSPS) is 11.3. The number of ether oxygens (including phenoxy) is 2. The van der Waals surface area contributed by atoms with Gasteiger partial charge < -0.3 is 9.47 Å². The van der Waals surface area contributed by atoms with Crippen molar-refractivity contribution in [2.75, 3.05) is 12.4 Å². The number of amides is 1. The van der Waals surface area contributed by atoms with Crippen LogP contribution in [0.15, 0.2) is 36.4 Å². The Bertz CT molecular complexity index is 1070. The van der Waals surface area contributed by atoms with Gasteiger partial charge in [0.05, 0.1) is 22.2 Å². The molecule has 0 aliphatic heterocycles. The molecule has 0 aliphatic rings. The van der Waals surface area contributed by atoms with Gasteiger partial charge in [0, 0.05) is 17.7 Å². The summed E-state index contributed by atoms with van der Waals surface area (Å²) in [6.07, 6.45) is -4.82. The molecular formula is C16H10F3N3O5S. The Hall–Kier alpha value is -3.41. The molecule has 0 unspecified atom stereocenters. The van der Waals surface area contributed by atoms with Crippen LogP contribution in [0.25, 0.3) is 10.2 Å². The molecule has 3 aromatic rings. The van der Waals surface area contributed by atoms with E-state index in [0.717, 1.165) is 29.5 Å². The number of carbonyl (C=O) groups is 1. The first kappa shape index (κ1) is 19.4. The summed E-state index contributed by atoms with van der Waals surface area (Å²) in [6.45, 7) is 0. The molecule has 12 heteroatoms. The van der Waals surface area contributed by atoms with E-state index in [1.807, 2.05) is 0 Å². The number of hydrogen-bond donors (Lipinski definition) is 1. The predicted molar refractivity (Wildman–Crippen MR) is 93.9 cm³/mol. The summed E-state index contributed by atoms with van der Waals surface area (Å²) in [4.78, 5) is 26.8. The number of thiazole rings is 1. The third-order valence-corrected chi connectivity index (χ3v) is 4.39. The van der Waals surface area contributed by atoms with E-state index in [4.69, 9.17) is 4.74 Å². The van der Waals surface area contributed by atoms with Crippen LogP contribution in [0.1, 0.15) is 10.4 Å². The van der Waals surface area contributed by atoms with Crippen molar-refractivity contribution in [2.24, 2.45) is 0 Å². The molecule has 0 radical (unpaired) electrons. The second-order valence-corrected chi connectivity index (χ2v) is 6.32. The molecule has 0 aliphatic carbocycles. The average molecular weight is 413 g/mol. The topological polar surface area (TPSA) is 104 Å². The largest absolute Gasteiger partial charge is 0.573 e. The number of nitrogens with one attached hydrogen (secondary N) is 1. The van der Waals surface area contributed by atoms with E-state index < -0.39 is 22.9 Å². The Labute approximate surface area is 158 Å². The molecule has 0 fully saturated rings. The molecule has 146 valence electrons. The molecule has 8 nitrogen and oxygen atoms in total. The monoisotopic (exact) mass is 413 g/mol.